The lowest BCUT2D eigenvalue weighted by atomic mass is 10.0. The molecule has 290 valence electrons. The molecule has 0 spiro atoms. The van der Waals surface area contributed by atoms with Gasteiger partial charge in [0.05, 0.1) is 27.7 Å². The highest BCUT2D eigenvalue weighted by Crippen LogP contribution is 2.43. The molecule has 0 aliphatic heterocycles. The molecule has 1 N–H and O–H groups in total. The van der Waals surface area contributed by atoms with Gasteiger partial charge in [0.15, 0.2) is 6.10 Å². The predicted molar refractivity (Wildman–Crippen MR) is 201 cm³/mol. The molecular weight excluding hydrogens is 641 g/mol. The molecule has 0 saturated heterocycles. The first-order valence-electron chi connectivity index (χ1n) is 19.9. The van der Waals surface area contributed by atoms with Crippen LogP contribution in [-0.2, 0) is 32.7 Å². The molecule has 0 aromatic carbocycles. The van der Waals surface area contributed by atoms with Crippen molar-refractivity contribution in [2.24, 2.45) is 0 Å². The second-order valence-corrected chi connectivity index (χ2v) is 16.2. The van der Waals surface area contributed by atoms with Gasteiger partial charge in [-0.05, 0) is 25.7 Å². The van der Waals surface area contributed by atoms with Crippen LogP contribution in [0.5, 0.6) is 0 Å². The van der Waals surface area contributed by atoms with E-state index < -0.39 is 26.5 Å². The Labute approximate surface area is 301 Å². The van der Waals surface area contributed by atoms with Gasteiger partial charge in [-0.1, -0.05) is 141 Å². The molecule has 9 nitrogen and oxygen atoms in total. The fourth-order valence-electron chi connectivity index (χ4n) is 5.52. The molecule has 0 radical (unpaired) electrons. The van der Waals surface area contributed by atoms with Crippen LogP contribution in [0.25, 0.3) is 0 Å². The van der Waals surface area contributed by atoms with E-state index in [0.29, 0.717) is 23.9 Å². The van der Waals surface area contributed by atoms with E-state index in [1.165, 1.54) is 103 Å². The molecule has 10 heteroatoms. The Kier molecular flexibility index (Phi) is 31.8. The molecule has 0 fully saturated rings. The zero-order valence-electron chi connectivity index (χ0n) is 32.3. The summed E-state index contributed by atoms with van der Waals surface area (Å²) in [6.07, 6.45) is 30.0. The van der Waals surface area contributed by atoms with Crippen molar-refractivity contribution in [3.8, 4) is 0 Å². The number of nitrogens with zero attached hydrogens (tertiary/aromatic N) is 1. The number of carbonyl (C=O) groups excluding carboxylic acids is 2. The predicted octanol–water partition coefficient (Wildman–Crippen LogP) is 10.6. The highest BCUT2D eigenvalue weighted by Gasteiger charge is 2.27. The van der Waals surface area contributed by atoms with Crippen LogP contribution in [0, 0.1) is 0 Å². The summed E-state index contributed by atoms with van der Waals surface area (Å²) in [7, 11) is 1.48. The van der Waals surface area contributed by atoms with Crippen molar-refractivity contribution >= 4 is 19.8 Å². The van der Waals surface area contributed by atoms with Crippen molar-refractivity contribution in [3.63, 3.8) is 0 Å². The van der Waals surface area contributed by atoms with Gasteiger partial charge in [-0.15, -0.1) is 6.58 Å². The first kappa shape index (κ1) is 47.8. The van der Waals surface area contributed by atoms with E-state index in [1.54, 1.807) is 0 Å². The second kappa shape index (κ2) is 32.6. The van der Waals surface area contributed by atoms with E-state index in [1.807, 2.05) is 27.2 Å². The van der Waals surface area contributed by atoms with E-state index in [9.17, 15) is 19.0 Å². The molecule has 0 rings (SSSR count). The quantitative estimate of drug-likeness (QED) is 0.0222. The fraction of sp³-hybridized carbons (Fsp3) is 0.897. The fourth-order valence-corrected chi connectivity index (χ4v) is 6.26. The summed E-state index contributed by atoms with van der Waals surface area (Å²) >= 11 is 0. The van der Waals surface area contributed by atoms with Crippen LogP contribution >= 0.6 is 7.82 Å². The van der Waals surface area contributed by atoms with Crippen molar-refractivity contribution in [1.82, 2.24) is 0 Å². The monoisotopic (exact) mass is 719 g/mol. The van der Waals surface area contributed by atoms with Crippen molar-refractivity contribution in [1.29, 1.82) is 0 Å². The zero-order chi connectivity index (χ0) is 36.5. The number of phosphoric ester groups is 1. The Morgan fingerprint density at radius 2 is 1.08 bits per heavy atom. The highest BCUT2D eigenvalue weighted by molar-refractivity contribution is 7.47. The Hall–Kier alpha value is -1.25. The summed E-state index contributed by atoms with van der Waals surface area (Å²) in [4.78, 5) is 35.2. The minimum atomic E-state index is -4.36. The number of likely N-dealkylation sites (N-methyl/N-ethyl adjacent to an activating group) is 1. The highest BCUT2D eigenvalue weighted by atomic mass is 31.2. The Balaban J connectivity index is 4.38. The van der Waals surface area contributed by atoms with Gasteiger partial charge in [0, 0.05) is 12.8 Å². The number of rotatable bonds is 37. The van der Waals surface area contributed by atoms with Crippen LogP contribution in [0.3, 0.4) is 0 Å². The summed E-state index contributed by atoms with van der Waals surface area (Å²) in [6, 6.07) is 0. The SMILES string of the molecule is C=CCCCCCCCCCCCCC(=O)O[C@H](COC(=O)CCCCCCCCCCCCCCC)COP(=O)(O)OCC[N+](C)(C)C. The van der Waals surface area contributed by atoms with Crippen LogP contribution in [0.4, 0.5) is 0 Å². The standard InChI is InChI=1S/C39H76NO8P/c1-6-8-10-12-14-16-18-20-22-23-25-27-29-31-38(41)45-35-37(36-47-49(43,44)46-34-33-40(3,4)5)48-39(42)32-30-28-26-24-21-19-17-15-13-11-9-7-2/h7,37H,2,6,8-36H2,1,3-5H3/p+1/t37-/m1/s1. The van der Waals surface area contributed by atoms with Crippen molar-refractivity contribution in [2.45, 2.75) is 180 Å². The van der Waals surface area contributed by atoms with Gasteiger partial charge < -0.3 is 18.9 Å². The second-order valence-electron chi connectivity index (χ2n) is 14.8. The van der Waals surface area contributed by atoms with Gasteiger partial charge in [-0.2, -0.15) is 0 Å². The molecule has 0 aliphatic rings. The maximum absolute atomic E-state index is 12.6. The molecule has 0 heterocycles. The van der Waals surface area contributed by atoms with Gasteiger partial charge in [-0.25, -0.2) is 4.57 Å². The molecule has 0 bridgehead atoms. The zero-order valence-corrected chi connectivity index (χ0v) is 33.2. The molecule has 2 atom stereocenters. The summed E-state index contributed by atoms with van der Waals surface area (Å²) in [5.74, 6) is -0.799. The number of ether oxygens (including phenoxy) is 2. The maximum Gasteiger partial charge on any atom is 0.472 e. The largest absolute Gasteiger partial charge is 0.472 e. The molecule has 49 heavy (non-hydrogen) atoms. The van der Waals surface area contributed by atoms with E-state index in [-0.39, 0.29) is 25.6 Å². The maximum atomic E-state index is 12.6. The lowest BCUT2D eigenvalue weighted by molar-refractivity contribution is -0.870. The van der Waals surface area contributed by atoms with Crippen LogP contribution < -0.4 is 0 Å². The Morgan fingerprint density at radius 1 is 0.653 bits per heavy atom. The topological polar surface area (TPSA) is 108 Å². The van der Waals surface area contributed by atoms with Crippen LogP contribution in [0.15, 0.2) is 12.7 Å². The molecule has 1 unspecified atom stereocenters. The lowest BCUT2D eigenvalue weighted by Crippen LogP contribution is -2.37. The smallest absolute Gasteiger partial charge is 0.462 e. The number of hydrogen-bond acceptors (Lipinski definition) is 7. The van der Waals surface area contributed by atoms with Crippen LogP contribution in [-0.4, -0.2) is 74.9 Å². The van der Waals surface area contributed by atoms with Crippen molar-refractivity contribution < 1.29 is 42.1 Å². The average molecular weight is 719 g/mol. The van der Waals surface area contributed by atoms with E-state index in [4.69, 9.17) is 18.5 Å². The number of esters is 2. The molecule has 0 amide bonds. The van der Waals surface area contributed by atoms with Gasteiger partial charge >= 0.3 is 19.8 Å². The van der Waals surface area contributed by atoms with Crippen molar-refractivity contribution in [2.75, 3.05) is 47.5 Å². The molecule has 0 saturated carbocycles. The van der Waals surface area contributed by atoms with Gasteiger partial charge in [-0.3, -0.25) is 18.6 Å². The minimum Gasteiger partial charge on any atom is -0.462 e. The van der Waals surface area contributed by atoms with Crippen LogP contribution in [0.2, 0.25) is 0 Å². The van der Waals surface area contributed by atoms with Gasteiger partial charge in [0.1, 0.15) is 19.8 Å². The number of quaternary nitrogens is 1. The van der Waals surface area contributed by atoms with E-state index >= 15 is 0 Å². The molecule has 0 aliphatic carbocycles. The Morgan fingerprint density at radius 3 is 1.53 bits per heavy atom. The summed E-state index contributed by atoms with van der Waals surface area (Å²) in [6.45, 7) is 5.94. The van der Waals surface area contributed by atoms with Crippen molar-refractivity contribution in [3.05, 3.63) is 12.7 Å². The molecular formula is C39H77NO8P+. The van der Waals surface area contributed by atoms with Crippen LogP contribution in [0.1, 0.15) is 174 Å². The third-order valence-corrected chi connectivity index (χ3v) is 9.68. The normalized spacial score (nSPS) is 13.6. The average Bonchev–Trinajstić information content (AvgIpc) is 3.04. The number of unbranched alkanes of at least 4 members (excludes halogenated alkanes) is 22. The first-order valence-corrected chi connectivity index (χ1v) is 21.4. The summed E-state index contributed by atoms with van der Waals surface area (Å²) in [5.41, 5.74) is 0. The summed E-state index contributed by atoms with van der Waals surface area (Å²) in [5, 5.41) is 0. The third-order valence-electron chi connectivity index (χ3n) is 8.69. The number of allylic oxidation sites excluding steroid dienone is 1. The molecule has 0 aromatic heterocycles. The lowest BCUT2D eigenvalue weighted by Gasteiger charge is -2.24. The van der Waals surface area contributed by atoms with E-state index in [2.05, 4.69) is 13.5 Å². The van der Waals surface area contributed by atoms with Gasteiger partial charge in [0.2, 0.25) is 0 Å². The van der Waals surface area contributed by atoms with Gasteiger partial charge in [0.25, 0.3) is 0 Å². The number of hydrogen-bond donors (Lipinski definition) is 1. The number of carbonyl (C=O) groups is 2. The third kappa shape index (κ3) is 36.3. The number of phosphoric acid groups is 1. The van der Waals surface area contributed by atoms with E-state index in [0.717, 1.165) is 44.9 Å². The minimum absolute atomic E-state index is 0.0333. The Bertz CT molecular complexity index is 847. The first-order chi connectivity index (χ1) is 23.5. The molecule has 0 aromatic rings. The summed E-state index contributed by atoms with van der Waals surface area (Å²) < 4.78 is 34.2.